The lowest BCUT2D eigenvalue weighted by Crippen LogP contribution is -2.14. The summed E-state index contributed by atoms with van der Waals surface area (Å²) in [5.74, 6) is -0.0699. The second kappa shape index (κ2) is 8.17. The highest BCUT2D eigenvalue weighted by Crippen LogP contribution is 2.26. The Morgan fingerprint density at radius 2 is 1.90 bits per heavy atom. The lowest BCUT2D eigenvalue weighted by atomic mass is 10.0. The number of carbonyl (C=O) groups excluding carboxylic acids is 1. The molecular formula is C25H20FN3O. The predicted molar refractivity (Wildman–Crippen MR) is 120 cm³/mol. The van der Waals surface area contributed by atoms with Crippen molar-refractivity contribution >= 4 is 29.3 Å². The molecular weight excluding hydrogens is 377 g/mol. The first kappa shape index (κ1) is 19.3. The van der Waals surface area contributed by atoms with Crippen molar-refractivity contribution in [2.45, 2.75) is 6.92 Å². The minimum Gasteiger partial charge on any atom is -0.320 e. The fourth-order valence-electron chi connectivity index (χ4n) is 3.41. The van der Waals surface area contributed by atoms with Crippen molar-refractivity contribution in [3.8, 4) is 11.4 Å². The third-order valence-corrected chi connectivity index (χ3v) is 4.81. The summed E-state index contributed by atoms with van der Waals surface area (Å²) >= 11 is 0. The highest BCUT2D eigenvalue weighted by Gasteiger charge is 2.19. The molecule has 4 rings (SSSR count). The summed E-state index contributed by atoms with van der Waals surface area (Å²) in [7, 11) is 0. The van der Waals surface area contributed by atoms with Crippen LogP contribution in [-0.2, 0) is 0 Å². The molecule has 2 aromatic carbocycles. The number of amides is 1. The molecule has 2 heterocycles. The van der Waals surface area contributed by atoms with Crippen LogP contribution in [0.15, 0.2) is 79.5 Å². The van der Waals surface area contributed by atoms with Gasteiger partial charge in [-0.2, -0.15) is 0 Å². The lowest BCUT2D eigenvalue weighted by Gasteiger charge is -2.10. The van der Waals surface area contributed by atoms with Gasteiger partial charge in [-0.05, 0) is 55.0 Å². The predicted octanol–water partition coefficient (Wildman–Crippen LogP) is 6.07. The third kappa shape index (κ3) is 3.53. The van der Waals surface area contributed by atoms with Crippen molar-refractivity contribution in [3.63, 3.8) is 0 Å². The largest absolute Gasteiger partial charge is 0.320 e. The zero-order valence-electron chi connectivity index (χ0n) is 16.5. The molecule has 0 spiro atoms. The number of imidazole rings is 1. The number of anilines is 1. The molecule has 1 amide bonds. The van der Waals surface area contributed by atoms with E-state index in [-0.39, 0.29) is 11.7 Å². The Morgan fingerprint density at radius 1 is 1.10 bits per heavy atom. The van der Waals surface area contributed by atoms with Gasteiger partial charge in [0.25, 0.3) is 5.91 Å². The Bertz CT molecular complexity index is 1270. The van der Waals surface area contributed by atoms with Crippen molar-refractivity contribution in [2.24, 2.45) is 0 Å². The summed E-state index contributed by atoms with van der Waals surface area (Å²) in [5.41, 5.74) is 4.17. The SMILES string of the molecule is C=Cc1cccc(NC(=O)c2nc(-c3ccc(F)cc3)n3ccccc23)c1/C=C\C. The molecule has 0 bridgehead atoms. The molecule has 4 nitrogen and oxygen atoms in total. The maximum absolute atomic E-state index is 13.4. The average Bonchev–Trinajstić information content (AvgIpc) is 3.15. The van der Waals surface area contributed by atoms with Crippen molar-refractivity contribution < 1.29 is 9.18 Å². The third-order valence-electron chi connectivity index (χ3n) is 4.81. The van der Waals surface area contributed by atoms with Crippen LogP contribution in [0.25, 0.3) is 29.1 Å². The van der Waals surface area contributed by atoms with Gasteiger partial charge >= 0.3 is 0 Å². The Balaban J connectivity index is 1.79. The summed E-state index contributed by atoms with van der Waals surface area (Å²) in [6.07, 6.45) is 7.43. The number of carbonyl (C=O) groups is 1. The topological polar surface area (TPSA) is 46.4 Å². The number of allylic oxidation sites excluding steroid dienone is 1. The minimum absolute atomic E-state index is 0.297. The number of pyridine rings is 1. The summed E-state index contributed by atoms with van der Waals surface area (Å²) in [6, 6.07) is 17.3. The van der Waals surface area contributed by atoms with E-state index in [1.54, 1.807) is 18.2 Å². The van der Waals surface area contributed by atoms with Crippen LogP contribution in [0.4, 0.5) is 10.1 Å². The molecule has 0 aliphatic carbocycles. The quantitative estimate of drug-likeness (QED) is 0.444. The second-order valence-corrected chi connectivity index (χ2v) is 6.71. The van der Waals surface area contributed by atoms with Gasteiger partial charge in [0.1, 0.15) is 11.6 Å². The van der Waals surface area contributed by atoms with E-state index in [2.05, 4.69) is 16.9 Å². The molecule has 2 aromatic heterocycles. The number of fused-ring (bicyclic) bond motifs is 1. The number of nitrogens with one attached hydrogen (secondary N) is 1. The lowest BCUT2D eigenvalue weighted by molar-refractivity contribution is 0.102. The number of benzene rings is 2. The minimum atomic E-state index is -0.323. The number of hydrogen-bond acceptors (Lipinski definition) is 2. The molecule has 0 saturated heterocycles. The van der Waals surface area contributed by atoms with Crippen LogP contribution in [0.2, 0.25) is 0 Å². The maximum Gasteiger partial charge on any atom is 0.276 e. The summed E-state index contributed by atoms with van der Waals surface area (Å²) in [5, 5.41) is 2.98. The summed E-state index contributed by atoms with van der Waals surface area (Å²) < 4.78 is 15.2. The van der Waals surface area contributed by atoms with Crippen LogP contribution in [0.3, 0.4) is 0 Å². The first-order chi connectivity index (χ1) is 14.6. The van der Waals surface area contributed by atoms with Crippen LogP contribution >= 0.6 is 0 Å². The first-order valence-electron chi connectivity index (χ1n) is 9.55. The normalized spacial score (nSPS) is 11.1. The monoisotopic (exact) mass is 397 g/mol. The van der Waals surface area contributed by atoms with E-state index in [0.29, 0.717) is 22.7 Å². The van der Waals surface area contributed by atoms with Crippen LogP contribution < -0.4 is 5.32 Å². The van der Waals surface area contributed by atoms with Crippen LogP contribution in [0, 0.1) is 5.82 Å². The molecule has 1 N–H and O–H groups in total. The van der Waals surface area contributed by atoms with E-state index < -0.39 is 0 Å². The molecule has 0 aliphatic heterocycles. The molecule has 0 unspecified atom stereocenters. The first-order valence-corrected chi connectivity index (χ1v) is 9.55. The fourth-order valence-corrected chi connectivity index (χ4v) is 3.41. The van der Waals surface area contributed by atoms with E-state index >= 15 is 0 Å². The molecule has 0 atom stereocenters. The van der Waals surface area contributed by atoms with E-state index in [0.717, 1.165) is 16.7 Å². The van der Waals surface area contributed by atoms with Gasteiger partial charge in [0.15, 0.2) is 5.69 Å². The molecule has 0 radical (unpaired) electrons. The summed E-state index contributed by atoms with van der Waals surface area (Å²) in [4.78, 5) is 17.8. The van der Waals surface area contributed by atoms with E-state index in [9.17, 15) is 9.18 Å². The zero-order valence-corrected chi connectivity index (χ0v) is 16.5. The smallest absolute Gasteiger partial charge is 0.276 e. The molecule has 30 heavy (non-hydrogen) atoms. The number of halogens is 1. The van der Waals surface area contributed by atoms with Gasteiger partial charge in [-0.15, -0.1) is 0 Å². The molecule has 0 aliphatic rings. The van der Waals surface area contributed by atoms with Gasteiger partial charge in [-0.3, -0.25) is 9.20 Å². The maximum atomic E-state index is 13.4. The Kier molecular flexibility index (Phi) is 5.26. The number of hydrogen-bond donors (Lipinski definition) is 1. The van der Waals surface area contributed by atoms with E-state index in [1.807, 2.05) is 66.1 Å². The number of rotatable bonds is 5. The zero-order chi connectivity index (χ0) is 21.1. The van der Waals surface area contributed by atoms with E-state index in [4.69, 9.17) is 0 Å². The van der Waals surface area contributed by atoms with Crippen molar-refractivity contribution in [3.05, 3.63) is 102 Å². The van der Waals surface area contributed by atoms with Gasteiger partial charge in [-0.1, -0.05) is 43.0 Å². The van der Waals surface area contributed by atoms with Crippen LogP contribution in [-0.4, -0.2) is 15.3 Å². The highest BCUT2D eigenvalue weighted by atomic mass is 19.1. The van der Waals surface area contributed by atoms with Crippen molar-refractivity contribution in [1.29, 1.82) is 0 Å². The van der Waals surface area contributed by atoms with Gasteiger partial charge in [-0.25, -0.2) is 9.37 Å². The molecule has 4 aromatic rings. The van der Waals surface area contributed by atoms with Gasteiger partial charge < -0.3 is 5.32 Å². The van der Waals surface area contributed by atoms with Crippen molar-refractivity contribution in [1.82, 2.24) is 9.38 Å². The van der Waals surface area contributed by atoms with Gasteiger partial charge in [0.2, 0.25) is 0 Å². The van der Waals surface area contributed by atoms with Crippen LogP contribution in [0.5, 0.6) is 0 Å². The Labute approximate surface area is 174 Å². The van der Waals surface area contributed by atoms with Crippen molar-refractivity contribution in [2.75, 3.05) is 5.32 Å². The molecule has 0 saturated carbocycles. The summed E-state index contributed by atoms with van der Waals surface area (Å²) in [6.45, 7) is 5.77. The van der Waals surface area contributed by atoms with Gasteiger partial charge in [0.05, 0.1) is 5.52 Å². The fraction of sp³-hybridized carbons (Fsp3) is 0.0400. The number of nitrogens with zero attached hydrogens (tertiary/aromatic N) is 2. The molecule has 5 heteroatoms. The standard InChI is InChI=1S/C25H20FN3O/c1-3-8-20-17(4-2)9-7-10-21(20)27-25(30)23-22-11-5-6-16-29(22)24(28-23)18-12-14-19(26)15-13-18/h3-16H,2H2,1H3,(H,27,30)/b8-3-. The molecule has 148 valence electrons. The highest BCUT2D eigenvalue weighted by molar-refractivity contribution is 6.09. The Morgan fingerprint density at radius 3 is 2.63 bits per heavy atom. The van der Waals surface area contributed by atoms with Gasteiger partial charge in [0, 0.05) is 23.0 Å². The number of aromatic nitrogens is 2. The van der Waals surface area contributed by atoms with E-state index in [1.165, 1.54) is 12.1 Å². The Hall–Kier alpha value is -3.99. The second-order valence-electron chi connectivity index (χ2n) is 6.71. The molecule has 0 fully saturated rings. The van der Waals surface area contributed by atoms with Crippen LogP contribution in [0.1, 0.15) is 28.5 Å². The average molecular weight is 397 g/mol.